The lowest BCUT2D eigenvalue weighted by Crippen LogP contribution is -1.93. The fourth-order valence-electron chi connectivity index (χ4n) is 1.33. The maximum Gasteiger partial charge on any atom is 0.143 e. The summed E-state index contributed by atoms with van der Waals surface area (Å²) in [5.74, 6) is 0.382. The van der Waals surface area contributed by atoms with Gasteiger partial charge in [0.15, 0.2) is 0 Å². The first-order valence-electron chi connectivity index (χ1n) is 4.46. The van der Waals surface area contributed by atoms with Crippen molar-refractivity contribution in [1.29, 1.82) is 0 Å². The first-order chi connectivity index (χ1) is 6.25. The van der Waals surface area contributed by atoms with Crippen molar-refractivity contribution in [3.05, 3.63) is 42.0 Å². The Balaban J connectivity index is 3.03. The van der Waals surface area contributed by atoms with Gasteiger partial charge in [-0.05, 0) is 23.1 Å². The Morgan fingerprint density at radius 2 is 1.85 bits per heavy atom. The van der Waals surface area contributed by atoms with Crippen molar-refractivity contribution in [2.75, 3.05) is 0 Å². The van der Waals surface area contributed by atoms with Gasteiger partial charge in [0, 0.05) is 0 Å². The molecule has 0 spiro atoms. The summed E-state index contributed by atoms with van der Waals surface area (Å²) in [6.07, 6.45) is 2.49. The number of carbonyl (C=O) groups is 1. The van der Waals surface area contributed by atoms with Crippen LogP contribution >= 0.6 is 0 Å². The molecule has 13 heavy (non-hydrogen) atoms. The average Bonchev–Trinajstić information content (AvgIpc) is 2.15. The summed E-state index contributed by atoms with van der Waals surface area (Å²) in [6, 6.07) is 9.99. The molecule has 0 bridgehead atoms. The molecule has 0 aliphatic rings. The minimum absolute atomic E-state index is 0.382. The summed E-state index contributed by atoms with van der Waals surface area (Å²) < 4.78 is 0. The molecule has 0 atom stereocenters. The first-order valence-corrected chi connectivity index (χ1v) is 4.46. The van der Waals surface area contributed by atoms with Crippen LogP contribution in [0.5, 0.6) is 0 Å². The van der Waals surface area contributed by atoms with Crippen LogP contribution in [0.15, 0.2) is 36.4 Å². The van der Waals surface area contributed by atoms with E-state index in [-0.39, 0.29) is 0 Å². The summed E-state index contributed by atoms with van der Waals surface area (Å²) in [4.78, 5) is 10.4. The van der Waals surface area contributed by atoms with Crippen molar-refractivity contribution in [3.8, 4) is 0 Å². The Kier molecular flexibility index (Phi) is 3.44. The Labute approximate surface area is 79.1 Å². The van der Waals surface area contributed by atoms with E-state index in [0.29, 0.717) is 5.92 Å². The molecule has 1 aromatic rings. The number of aldehydes is 1. The highest BCUT2D eigenvalue weighted by Crippen LogP contribution is 2.21. The van der Waals surface area contributed by atoms with Crippen LogP contribution < -0.4 is 0 Å². The van der Waals surface area contributed by atoms with E-state index in [1.54, 1.807) is 6.08 Å². The molecule has 1 nitrogen and oxygen atoms in total. The second-order valence-electron chi connectivity index (χ2n) is 3.28. The molecular formula is C12H14O. The number of allylic oxidation sites excluding steroid dienone is 2. The molecule has 0 radical (unpaired) electrons. The van der Waals surface area contributed by atoms with Gasteiger partial charge in [0.25, 0.3) is 0 Å². The fourth-order valence-corrected chi connectivity index (χ4v) is 1.33. The van der Waals surface area contributed by atoms with E-state index in [2.05, 4.69) is 13.8 Å². The average molecular weight is 174 g/mol. The van der Waals surface area contributed by atoms with Gasteiger partial charge in [-0.15, -0.1) is 0 Å². The highest BCUT2D eigenvalue weighted by atomic mass is 16.1. The Hall–Kier alpha value is -1.37. The molecule has 0 aromatic heterocycles. The number of hydrogen-bond acceptors (Lipinski definition) is 1. The SMILES string of the molecule is CC(C)/C(=C/C=O)c1ccccc1. The highest BCUT2D eigenvalue weighted by Gasteiger charge is 2.04. The lowest BCUT2D eigenvalue weighted by molar-refractivity contribution is -0.104. The molecule has 0 amide bonds. The van der Waals surface area contributed by atoms with Crippen molar-refractivity contribution in [2.24, 2.45) is 5.92 Å². The molecule has 0 saturated carbocycles. The summed E-state index contributed by atoms with van der Waals surface area (Å²) in [5.41, 5.74) is 2.22. The van der Waals surface area contributed by atoms with E-state index in [1.807, 2.05) is 30.3 Å². The maximum atomic E-state index is 10.4. The third-order valence-electron chi connectivity index (χ3n) is 1.98. The maximum absolute atomic E-state index is 10.4. The first kappa shape index (κ1) is 9.72. The van der Waals surface area contributed by atoms with E-state index in [9.17, 15) is 4.79 Å². The van der Waals surface area contributed by atoms with E-state index in [0.717, 1.165) is 17.4 Å². The van der Waals surface area contributed by atoms with Crippen molar-refractivity contribution < 1.29 is 4.79 Å². The number of rotatable bonds is 3. The van der Waals surface area contributed by atoms with Gasteiger partial charge in [0.1, 0.15) is 6.29 Å². The molecule has 1 aromatic carbocycles. The van der Waals surface area contributed by atoms with Gasteiger partial charge in [0.2, 0.25) is 0 Å². The summed E-state index contributed by atoms with van der Waals surface area (Å²) in [6.45, 7) is 4.17. The van der Waals surface area contributed by atoms with Crippen molar-refractivity contribution in [3.63, 3.8) is 0 Å². The van der Waals surface area contributed by atoms with Crippen LogP contribution in [0.3, 0.4) is 0 Å². The minimum Gasteiger partial charge on any atom is -0.299 e. The molecule has 0 heterocycles. The summed E-state index contributed by atoms with van der Waals surface area (Å²) in [7, 11) is 0. The van der Waals surface area contributed by atoms with Gasteiger partial charge in [-0.2, -0.15) is 0 Å². The summed E-state index contributed by atoms with van der Waals surface area (Å²) >= 11 is 0. The second kappa shape index (κ2) is 4.61. The normalized spacial score (nSPS) is 11.8. The van der Waals surface area contributed by atoms with E-state index in [4.69, 9.17) is 0 Å². The lowest BCUT2D eigenvalue weighted by Gasteiger charge is -2.09. The number of benzene rings is 1. The van der Waals surface area contributed by atoms with Crippen LogP contribution in [0.4, 0.5) is 0 Å². The van der Waals surface area contributed by atoms with Gasteiger partial charge in [-0.1, -0.05) is 44.2 Å². The smallest absolute Gasteiger partial charge is 0.143 e. The Morgan fingerprint density at radius 3 is 2.31 bits per heavy atom. The summed E-state index contributed by atoms with van der Waals surface area (Å²) in [5, 5.41) is 0. The van der Waals surface area contributed by atoms with Gasteiger partial charge < -0.3 is 0 Å². The minimum atomic E-state index is 0.382. The molecule has 0 fully saturated rings. The predicted molar refractivity (Wildman–Crippen MR) is 55.3 cm³/mol. The van der Waals surface area contributed by atoms with Crippen LogP contribution in [0.1, 0.15) is 19.4 Å². The molecule has 1 rings (SSSR count). The molecule has 0 aliphatic carbocycles. The fraction of sp³-hybridized carbons (Fsp3) is 0.250. The van der Waals surface area contributed by atoms with Gasteiger partial charge >= 0.3 is 0 Å². The van der Waals surface area contributed by atoms with Crippen LogP contribution in [-0.4, -0.2) is 6.29 Å². The molecule has 0 aliphatic heterocycles. The molecule has 0 unspecified atom stereocenters. The van der Waals surface area contributed by atoms with Crippen LogP contribution in [-0.2, 0) is 4.79 Å². The number of hydrogen-bond donors (Lipinski definition) is 0. The zero-order chi connectivity index (χ0) is 9.68. The third kappa shape index (κ3) is 2.55. The largest absolute Gasteiger partial charge is 0.299 e. The standard InChI is InChI=1S/C12H14O/c1-10(2)12(8-9-13)11-6-4-3-5-7-11/h3-10H,1-2H3/b12-8-. The van der Waals surface area contributed by atoms with Crippen molar-refractivity contribution >= 4 is 11.9 Å². The molecule has 0 N–H and O–H groups in total. The second-order valence-corrected chi connectivity index (χ2v) is 3.28. The number of carbonyl (C=O) groups excluding carboxylic acids is 1. The topological polar surface area (TPSA) is 17.1 Å². The van der Waals surface area contributed by atoms with E-state index >= 15 is 0 Å². The highest BCUT2D eigenvalue weighted by molar-refractivity contribution is 5.82. The molecule has 68 valence electrons. The van der Waals surface area contributed by atoms with Gasteiger partial charge in [-0.3, -0.25) is 4.79 Å². The van der Waals surface area contributed by atoms with Gasteiger partial charge in [-0.25, -0.2) is 0 Å². The van der Waals surface area contributed by atoms with E-state index in [1.165, 1.54) is 0 Å². The van der Waals surface area contributed by atoms with Gasteiger partial charge in [0.05, 0.1) is 0 Å². The van der Waals surface area contributed by atoms with Crippen LogP contribution in [0, 0.1) is 5.92 Å². The van der Waals surface area contributed by atoms with Crippen LogP contribution in [0.2, 0.25) is 0 Å². The molecule has 1 heteroatoms. The van der Waals surface area contributed by atoms with Crippen molar-refractivity contribution in [1.82, 2.24) is 0 Å². The quantitative estimate of drug-likeness (QED) is 0.508. The lowest BCUT2D eigenvalue weighted by atomic mass is 9.95. The third-order valence-corrected chi connectivity index (χ3v) is 1.98. The van der Waals surface area contributed by atoms with Crippen molar-refractivity contribution in [2.45, 2.75) is 13.8 Å². The zero-order valence-corrected chi connectivity index (χ0v) is 8.03. The molecular weight excluding hydrogens is 160 g/mol. The monoisotopic (exact) mass is 174 g/mol. The zero-order valence-electron chi connectivity index (χ0n) is 8.03. The predicted octanol–water partition coefficient (Wildman–Crippen LogP) is 2.92. The Bertz CT molecular complexity index is 296. The Morgan fingerprint density at radius 1 is 1.23 bits per heavy atom. The van der Waals surface area contributed by atoms with E-state index < -0.39 is 0 Å². The molecule has 0 saturated heterocycles. The van der Waals surface area contributed by atoms with Crippen LogP contribution in [0.25, 0.3) is 5.57 Å².